The van der Waals surface area contributed by atoms with Gasteiger partial charge in [-0.25, -0.2) is 8.42 Å². The lowest BCUT2D eigenvalue weighted by Crippen LogP contribution is -2.44. The van der Waals surface area contributed by atoms with Crippen molar-refractivity contribution in [3.8, 4) is 0 Å². The van der Waals surface area contributed by atoms with Crippen LogP contribution in [-0.2, 0) is 14.6 Å². The SMILES string of the molecule is CN=C(NCCC(=O)NC1CCS(=O)(=O)C1)NCC(c1ccccc1)N1CCCC1.I. The highest BCUT2D eigenvalue weighted by molar-refractivity contribution is 14.0. The van der Waals surface area contributed by atoms with Crippen molar-refractivity contribution >= 4 is 45.7 Å². The molecule has 0 saturated carbocycles. The van der Waals surface area contributed by atoms with Crippen LogP contribution in [0.5, 0.6) is 0 Å². The summed E-state index contributed by atoms with van der Waals surface area (Å²) in [5, 5.41) is 9.38. The number of nitrogens with zero attached hydrogens (tertiary/aromatic N) is 2. The number of sulfone groups is 1. The third kappa shape index (κ3) is 8.23. The minimum absolute atomic E-state index is 0. The topological polar surface area (TPSA) is 103 Å². The van der Waals surface area contributed by atoms with Gasteiger partial charge in [-0.1, -0.05) is 30.3 Å². The van der Waals surface area contributed by atoms with Crippen molar-refractivity contribution in [2.45, 2.75) is 37.8 Å². The summed E-state index contributed by atoms with van der Waals surface area (Å²) in [6.07, 6.45) is 3.23. The summed E-state index contributed by atoms with van der Waals surface area (Å²) in [6.45, 7) is 3.37. The molecule has 2 aliphatic rings. The summed E-state index contributed by atoms with van der Waals surface area (Å²) in [7, 11) is -1.27. The molecule has 10 heteroatoms. The van der Waals surface area contributed by atoms with Gasteiger partial charge in [0.1, 0.15) is 0 Å². The smallest absolute Gasteiger partial charge is 0.222 e. The van der Waals surface area contributed by atoms with Gasteiger partial charge >= 0.3 is 0 Å². The lowest BCUT2D eigenvalue weighted by Gasteiger charge is -2.29. The molecule has 2 aliphatic heterocycles. The lowest BCUT2D eigenvalue weighted by atomic mass is 10.1. The summed E-state index contributed by atoms with van der Waals surface area (Å²) in [4.78, 5) is 18.9. The monoisotopic (exact) mass is 563 g/mol. The third-order valence-corrected chi connectivity index (χ3v) is 7.46. The molecule has 3 rings (SSSR count). The van der Waals surface area contributed by atoms with Gasteiger partial charge in [-0.3, -0.25) is 14.7 Å². The largest absolute Gasteiger partial charge is 0.356 e. The third-order valence-electron chi connectivity index (χ3n) is 5.69. The number of likely N-dealkylation sites (tertiary alicyclic amines) is 1. The standard InChI is InChI=1S/C21H33N5O3S.HI/c1-22-21(23-11-9-20(27)25-18-10-14-30(28,29)16-18)24-15-19(26-12-5-6-13-26)17-7-3-2-4-8-17;/h2-4,7-8,18-19H,5-6,9-16H2,1H3,(H,25,27)(H2,22,23,24);1H. The van der Waals surface area contributed by atoms with Crippen LogP contribution in [0.4, 0.5) is 0 Å². The Balaban J connectivity index is 0.00000341. The molecule has 31 heavy (non-hydrogen) atoms. The van der Waals surface area contributed by atoms with E-state index in [2.05, 4.69) is 50.1 Å². The van der Waals surface area contributed by atoms with Crippen LogP contribution in [0.2, 0.25) is 0 Å². The zero-order chi connectivity index (χ0) is 21.4. The second-order valence-electron chi connectivity index (χ2n) is 7.97. The van der Waals surface area contributed by atoms with Crippen LogP contribution in [0, 0.1) is 0 Å². The van der Waals surface area contributed by atoms with Gasteiger partial charge in [-0.05, 0) is 37.9 Å². The molecule has 2 atom stereocenters. The molecule has 0 spiro atoms. The molecule has 174 valence electrons. The van der Waals surface area contributed by atoms with Crippen molar-refractivity contribution in [1.82, 2.24) is 20.9 Å². The Hall–Kier alpha value is -1.40. The molecule has 0 radical (unpaired) electrons. The summed E-state index contributed by atoms with van der Waals surface area (Å²) in [5.74, 6) is 0.727. The minimum Gasteiger partial charge on any atom is -0.356 e. The van der Waals surface area contributed by atoms with Gasteiger partial charge in [0.2, 0.25) is 5.91 Å². The molecule has 2 fully saturated rings. The molecular formula is C21H34IN5O3S. The summed E-state index contributed by atoms with van der Waals surface area (Å²) in [5.41, 5.74) is 1.29. The van der Waals surface area contributed by atoms with Crippen LogP contribution >= 0.6 is 24.0 Å². The maximum Gasteiger partial charge on any atom is 0.222 e. The number of rotatable bonds is 8. The average Bonchev–Trinajstić information content (AvgIpc) is 3.37. The highest BCUT2D eigenvalue weighted by atomic mass is 127. The van der Waals surface area contributed by atoms with E-state index in [1.807, 2.05) is 6.07 Å². The quantitative estimate of drug-likeness (QED) is 0.251. The molecule has 2 heterocycles. The lowest BCUT2D eigenvalue weighted by molar-refractivity contribution is -0.121. The van der Waals surface area contributed by atoms with Crippen LogP contribution in [0.3, 0.4) is 0 Å². The van der Waals surface area contributed by atoms with Crippen molar-refractivity contribution in [2.75, 3.05) is 44.7 Å². The number of benzene rings is 1. The molecular weight excluding hydrogens is 529 g/mol. The van der Waals surface area contributed by atoms with E-state index in [4.69, 9.17) is 0 Å². The Labute approximate surface area is 202 Å². The van der Waals surface area contributed by atoms with Crippen molar-refractivity contribution in [1.29, 1.82) is 0 Å². The van der Waals surface area contributed by atoms with E-state index in [9.17, 15) is 13.2 Å². The summed E-state index contributed by atoms with van der Waals surface area (Å²) >= 11 is 0. The molecule has 1 aromatic rings. The van der Waals surface area contributed by atoms with Crippen molar-refractivity contribution in [2.24, 2.45) is 4.99 Å². The van der Waals surface area contributed by atoms with Crippen LogP contribution < -0.4 is 16.0 Å². The van der Waals surface area contributed by atoms with Crippen LogP contribution in [-0.4, -0.2) is 76.0 Å². The fourth-order valence-corrected chi connectivity index (χ4v) is 5.78. The number of aliphatic imine (C=N–C) groups is 1. The Morgan fingerprint density at radius 2 is 1.90 bits per heavy atom. The van der Waals surface area contributed by atoms with Crippen LogP contribution in [0.25, 0.3) is 0 Å². The van der Waals surface area contributed by atoms with E-state index in [-0.39, 0.29) is 59.9 Å². The van der Waals surface area contributed by atoms with Gasteiger partial charge in [0.25, 0.3) is 0 Å². The van der Waals surface area contributed by atoms with Crippen LogP contribution in [0.15, 0.2) is 35.3 Å². The van der Waals surface area contributed by atoms with Gasteiger partial charge in [0.05, 0.1) is 17.5 Å². The Kier molecular flexibility index (Phi) is 10.5. The first kappa shape index (κ1) is 25.9. The first-order valence-electron chi connectivity index (χ1n) is 10.7. The molecule has 1 aromatic carbocycles. The highest BCUT2D eigenvalue weighted by Crippen LogP contribution is 2.24. The van der Waals surface area contributed by atoms with E-state index < -0.39 is 9.84 Å². The normalized spacial score (nSPS) is 21.8. The molecule has 2 unspecified atom stereocenters. The number of hydrogen-bond donors (Lipinski definition) is 3. The number of carbonyl (C=O) groups is 1. The maximum atomic E-state index is 12.1. The summed E-state index contributed by atoms with van der Waals surface area (Å²) in [6, 6.07) is 10.5. The second kappa shape index (κ2) is 12.6. The van der Waals surface area contributed by atoms with Gasteiger partial charge < -0.3 is 16.0 Å². The zero-order valence-electron chi connectivity index (χ0n) is 18.0. The molecule has 8 nitrogen and oxygen atoms in total. The fraction of sp³-hybridized carbons (Fsp3) is 0.619. The first-order chi connectivity index (χ1) is 14.5. The summed E-state index contributed by atoms with van der Waals surface area (Å²) < 4.78 is 23.0. The molecule has 1 amide bonds. The Morgan fingerprint density at radius 3 is 2.52 bits per heavy atom. The van der Waals surface area contributed by atoms with Gasteiger partial charge in [0.15, 0.2) is 15.8 Å². The van der Waals surface area contributed by atoms with Crippen molar-refractivity contribution < 1.29 is 13.2 Å². The van der Waals surface area contributed by atoms with Crippen molar-refractivity contribution in [3.05, 3.63) is 35.9 Å². The van der Waals surface area contributed by atoms with Gasteiger partial charge in [-0.2, -0.15) is 0 Å². The number of guanidine groups is 1. The fourth-order valence-electron chi connectivity index (χ4n) is 4.10. The van der Waals surface area contributed by atoms with Gasteiger partial charge in [-0.15, -0.1) is 24.0 Å². The van der Waals surface area contributed by atoms with Crippen LogP contribution in [0.1, 0.15) is 37.3 Å². The molecule has 0 aromatic heterocycles. The number of nitrogens with one attached hydrogen (secondary N) is 3. The first-order valence-corrected chi connectivity index (χ1v) is 12.5. The zero-order valence-corrected chi connectivity index (χ0v) is 21.2. The minimum atomic E-state index is -2.99. The Morgan fingerprint density at radius 1 is 1.19 bits per heavy atom. The number of amides is 1. The average molecular weight is 564 g/mol. The predicted molar refractivity (Wildman–Crippen MR) is 135 cm³/mol. The molecule has 3 N–H and O–H groups in total. The highest BCUT2D eigenvalue weighted by Gasteiger charge is 2.28. The molecule has 0 aliphatic carbocycles. The van der Waals surface area contributed by atoms with E-state index in [0.29, 0.717) is 18.9 Å². The van der Waals surface area contributed by atoms with E-state index in [0.717, 1.165) is 19.6 Å². The van der Waals surface area contributed by atoms with Gasteiger partial charge in [0, 0.05) is 32.6 Å². The van der Waals surface area contributed by atoms with Crippen molar-refractivity contribution in [3.63, 3.8) is 0 Å². The Bertz CT molecular complexity index is 829. The molecule has 2 saturated heterocycles. The predicted octanol–water partition coefficient (Wildman–Crippen LogP) is 1.30. The van der Waals surface area contributed by atoms with E-state index in [1.165, 1.54) is 18.4 Å². The number of carbonyl (C=O) groups excluding carboxylic acids is 1. The molecule has 0 bridgehead atoms. The van der Waals surface area contributed by atoms with E-state index >= 15 is 0 Å². The number of hydrogen-bond acceptors (Lipinski definition) is 5. The maximum absolute atomic E-state index is 12.1. The van der Waals surface area contributed by atoms with E-state index in [1.54, 1.807) is 7.05 Å². The number of halogens is 1. The second-order valence-corrected chi connectivity index (χ2v) is 10.2.